The van der Waals surface area contributed by atoms with Crippen LogP contribution in [0.2, 0.25) is 0 Å². The molecular weight excluding hydrogens is 358 g/mol. The SMILES string of the molecule is CSCC[C@@H](NC(=O)c1ccccc1C)C(=O)Nc1ccc(F)c(F)c1. The summed E-state index contributed by atoms with van der Waals surface area (Å²) < 4.78 is 26.3. The minimum absolute atomic E-state index is 0.133. The van der Waals surface area contributed by atoms with Crippen LogP contribution in [0.15, 0.2) is 42.5 Å². The summed E-state index contributed by atoms with van der Waals surface area (Å²) in [6.07, 6.45) is 2.31. The van der Waals surface area contributed by atoms with Gasteiger partial charge in [0.05, 0.1) is 0 Å². The number of hydrogen-bond acceptors (Lipinski definition) is 3. The Bertz CT molecular complexity index is 799. The van der Waals surface area contributed by atoms with Crippen molar-refractivity contribution in [3.8, 4) is 0 Å². The number of rotatable bonds is 7. The first kappa shape index (κ1) is 19.9. The van der Waals surface area contributed by atoms with Crippen LogP contribution in [0.1, 0.15) is 22.3 Å². The molecule has 0 heterocycles. The molecule has 2 N–H and O–H groups in total. The Kier molecular flexibility index (Phi) is 7.15. The Labute approximate surface area is 155 Å². The van der Waals surface area contributed by atoms with Crippen molar-refractivity contribution in [2.24, 2.45) is 0 Å². The Morgan fingerprint density at radius 3 is 2.50 bits per heavy atom. The molecule has 0 saturated carbocycles. The maximum absolute atomic E-state index is 13.3. The molecule has 7 heteroatoms. The smallest absolute Gasteiger partial charge is 0.252 e. The lowest BCUT2D eigenvalue weighted by molar-refractivity contribution is -0.118. The maximum atomic E-state index is 13.3. The molecule has 0 fully saturated rings. The lowest BCUT2D eigenvalue weighted by Crippen LogP contribution is -2.44. The van der Waals surface area contributed by atoms with Gasteiger partial charge >= 0.3 is 0 Å². The van der Waals surface area contributed by atoms with Crippen LogP contribution in [0.5, 0.6) is 0 Å². The molecule has 138 valence electrons. The second-order valence-electron chi connectivity index (χ2n) is 5.74. The van der Waals surface area contributed by atoms with E-state index in [1.54, 1.807) is 23.9 Å². The Hall–Kier alpha value is -2.41. The van der Waals surface area contributed by atoms with Crippen LogP contribution in [0.4, 0.5) is 14.5 Å². The van der Waals surface area contributed by atoms with E-state index in [0.29, 0.717) is 17.7 Å². The van der Waals surface area contributed by atoms with Crippen LogP contribution < -0.4 is 10.6 Å². The maximum Gasteiger partial charge on any atom is 0.252 e. The molecule has 1 atom stereocenters. The van der Waals surface area contributed by atoms with E-state index in [1.807, 2.05) is 25.3 Å². The molecule has 0 spiro atoms. The van der Waals surface area contributed by atoms with Crippen LogP contribution in [0, 0.1) is 18.6 Å². The van der Waals surface area contributed by atoms with Gasteiger partial charge in [-0.2, -0.15) is 11.8 Å². The Morgan fingerprint density at radius 2 is 1.85 bits per heavy atom. The van der Waals surface area contributed by atoms with E-state index < -0.39 is 23.6 Å². The van der Waals surface area contributed by atoms with Gasteiger partial charge in [-0.1, -0.05) is 18.2 Å². The molecule has 26 heavy (non-hydrogen) atoms. The second kappa shape index (κ2) is 9.33. The zero-order chi connectivity index (χ0) is 19.1. The number of anilines is 1. The van der Waals surface area contributed by atoms with Crippen LogP contribution in [0.25, 0.3) is 0 Å². The van der Waals surface area contributed by atoms with Gasteiger partial charge in [0.1, 0.15) is 6.04 Å². The van der Waals surface area contributed by atoms with E-state index in [4.69, 9.17) is 0 Å². The molecule has 0 radical (unpaired) electrons. The normalized spacial score (nSPS) is 11.7. The highest BCUT2D eigenvalue weighted by molar-refractivity contribution is 7.98. The fraction of sp³-hybridized carbons (Fsp3) is 0.263. The quantitative estimate of drug-likeness (QED) is 0.771. The molecule has 4 nitrogen and oxygen atoms in total. The summed E-state index contributed by atoms with van der Waals surface area (Å²) >= 11 is 1.54. The highest BCUT2D eigenvalue weighted by Gasteiger charge is 2.22. The van der Waals surface area contributed by atoms with E-state index in [2.05, 4.69) is 10.6 Å². The molecule has 2 amide bonds. The van der Waals surface area contributed by atoms with Gasteiger partial charge in [-0.05, 0) is 49.1 Å². The van der Waals surface area contributed by atoms with E-state index in [1.165, 1.54) is 6.07 Å². The molecule has 2 rings (SSSR count). The zero-order valence-corrected chi connectivity index (χ0v) is 15.3. The number of carbonyl (C=O) groups is 2. The number of amides is 2. The number of aryl methyl sites for hydroxylation is 1. The molecular formula is C19H20F2N2O2S. The standard InChI is InChI=1S/C19H20F2N2O2S/c1-12-5-3-4-6-14(12)18(24)23-17(9-10-26-2)19(25)22-13-7-8-15(20)16(21)11-13/h3-8,11,17H,9-10H2,1-2H3,(H,22,25)(H,23,24)/t17-/m1/s1. The van der Waals surface area contributed by atoms with E-state index in [9.17, 15) is 18.4 Å². The molecule has 0 bridgehead atoms. The second-order valence-corrected chi connectivity index (χ2v) is 6.73. The number of halogens is 2. The van der Waals surface area contributed by atoms with Gasteiger partial charge in [0.2, 0.25) is 5.91 Å². The molecule has 0 saturated heterocycles. The van der Waals surface area contributed by atoms with Gasteiger partial charge in [0.15, 0.2) is 11.6 Å². The number of nitrogens with one attached hydrogen (secondary N) is 2. The summed E-state index contributed by atoms with van der Waals surface area (Å²) in [5, 5.41) is 5.24. The number of carbonyl (C=O) groups excluding carboxylic acids is 2. The van der Waals surface area contributed by atoms with Crippen molar-refractivity contribution >= 4 is 29.3 Å². The van der Waals surface area contributed by atoms with Crippen molar-refractivity contribution in [1.82, 2.24) is 5.32 Å². The minimum atomic E-state index is -1.05. The molecule has 0 aliphatic rings. The van der Waals surface area contributed by atoms with Gasteiger partial charge in [0.25, 0.3) is 5.91 Å². The van der Waals surface area contributed by atoms with Crippen molar-refractivity contribution in [2.75, 3.05) is 17.3 Å². The summed E-state index contributed by atoms with van der Waals surface area (Å²) in [7, 11) is 0. The third kappa shape index (κ3) is 5.29. The van der Waals surface area contributed by atoms with Crippen LogP contribution in [0.3, 0.4) is 0 Å². The van der Waals surface area contributed by atoms with Gasteiger partial charge in [-0.3, -0.25) is 9.59 Å². The lowest BCUT2D eigenvalue weighted by atomic mass is 10.1. The molecule has 0 aliphatic carbocycles. The first-order valence-electron chi connectivity index (χ1n) is 8.03. The molecule has 0 aliphatic heterocycles. The molecule has 0 aromatic heterocycles. The average molecular weight is 378 g/mol. The highest BCUT2D eigenvalue weighted by Crippen LogP contribution is 2.15. The fourth-order valence-corrected chi connectivity index (χ4v) is 2.84. The fourth-order valence-electron chi connectivity index (χ4n) is 2.37. The summed E-state index contributed by atoms with van der Waals surface area (Å²) in [5.74, 6) is -2.21. The summed E-state index contributed by atoms with van der Waals surface area (Å²) in [4.78, 5) is 25.0. The third-order valence-electron chi connectivity index (χ3n) is 3.81. The highest BCUT2D eigenvalue weighted by atomic mass is 32.2. The van der Waals surface area contributed by atoms with Gasteiger partial charge in [-0.15, -0.1) is 0 Å². The number of benzene rings is 2. The van der Waals surface area contributed by atoms with Crippen molar-refractivity contribution in [2.45, 2.75) is 19.4 Å². The van der Waals surface area contributed by atoms with Gasteiger partial charge in [0, 0.05) is 17.3 Å². The monoisotopic (exact) mass is 378 g/mol. The minimum Gasteiger partial charge on any atom is -0.340 e. The van der Waals surface area contributed by atoms with Crippen molar-refractivity contribution in [3.63, 3.8) is 0 Å². The van der Waals surface area contributed by atoms with Crippen molar-refractivity contribution in [1.29, 1.82) is 0 Å². The largest absolute Gasteiger partial charge is 0.340 e. The van der Waals surface area contributed by atoms with Crippen molar-refractivity contribution < 1.29 is 18.4 Å². The topological polar surface area (TPSA) is 58.2 Å². The van der Waals surface area contributed by atoms with E-state index in [0.717, 1.165) is 17.7 Å². The first-order chi connectivity index (χ1) is 12.4. The number of thioether (sulfide) groups is 1. The van der Waals surface area contributed by atoms with Gasteiger partial charge < -0.3 is 10.6 Å². The average Bonchev–Trinajstić information content (AvgIpc) is 2.61. The van der Waals surface area contributed by atoms with E-state index in [-0.39, 0.29) is 11.6 Å². The first-order valence-corrected chi connectivity index (χ1v) is 9.43. The summed E-state index contributed by atoms with van der Waals surface area (Å²) in [6.45, 7) is 1.81. The van der Waals surface area contributed by atoms with Crippen LogP contribution in [-0.2, 0) is 4.79 Å². The summed E-state index contributed by atoms with van der Waals surface area (Å²) in [6, 6.07) is 9.40. The number of hydrogen-bond donors (Lipinski definition) is 2. The van der Waals surface area contributed by atoms with Crippen LogP contribution in [-0.4, -0.2) is 29.9 Å². The van der Waals surface area contributed by atoms with Gasteiger partial charge in [-0.25, -0.2) is 8.78 Å². The summed E-state index contributed by atoms with van der Waals surface area (Å²) in [5.41, 5.74) is 1.42. The van der Waals surface area contributed by atoms with E-state index >= 15 is 0 Å². The lowest BCUT2D eigenvalue weighted by Gasteiger charge is -2.19. The Balaban J connectivity index is 2.12. The predicted octanol–water partition coefficient (Wildman–Crippen LogP) is 3.76. The third-order valence-corrected chi connectivity index (χ3v) is 4.45. The van der Waals surface area contributed by atoms with Crippen molar-refractivity contribution in [3.05, 3.63) is 65.2 Å². The zero-order valence-electron chi connectivity index (χ0n) is 14.5. The molecule has 2 aromatic carbocycles. The molecule has 0 unspecified atom stereocenters. The molecule has 2 aromatic rings. The Morgan fingerprint density at radius 1 is 1.12 bits per heavy atom. The predicted molar refractivity (Wildman–Crippen MR) is 100 cm³/mol. The van der Waals surface area contributed by atoms with Crippen LogP contribution >= 0.6 is 11.8 Å².